The first kappa shape index (κ1) is 16.6. The van der Waals surface area contributed by atoms with E-state index in [9.17, 15) is 4.79 Å². The van der Waals surface area contributed by atoms with Crippen molar-refractivity contribution in [3.8, 4) is 0 Å². The van der Waals surface area contributed by atoms with Crippen molar-refractivity contribution in [2.75, 3.05) is 31.5 Å². The van der Waals surface area contributed by atoms with Gasteiger partial charge in [0, 0.05) is 63.2 Å². The lowest BCUT2D eigenvalue weighted by molar-refractivity contribution is -0.118. The second-order valence-electron chi connectivity index (χ2n) is 6.29. The van der Waals surface area contributed by atoms with Gasteiger partial charge in [0.2, 0.25) is 5.91 Å². The van der Waals surface area contributed by atoms with Gasteiger partial charge in [-0.25, -0.2) is 4.98 Å². The molecule has 128 valence electrons. The van der Waals surface area contributed by atoms with Crippen molar-refractivity contribution in [2.24, 2.45) is 7.05 Å². The molecule has 24 heavy (non-hydrogen) atoms. The Kier molecular flexibility index (Phi) is 5.22. The van der Waals surface area contributed by atoms with Crippen LogP contribution in [-0.4, -0.2) is 62.5 Å². The fraction of sp³-hybridized carbons (Fsp3) is 0.471. The molecular weight excluding hydrogens is 304 g/mol. The van der Waals surface area contributed by atoms with E-state index in [0.29, 0.717) is 12.6 Å². The van der Waals surface area contributed by atoms with Crippen molar-refractivity contribution >= 4 is 11.6 Å². The quantitative estimate of drug-likeness (QED) is 0.885. The number of aryl methyl sites for hydroxylation is 1. The van der Waals surface area contributed by atoms with Crippen LogP contribution in [0.4, 0.5) is 5.69 Å². The third kappa shape index (κ3) is 4.18. The standard InChI is InChI=1S/C17H24N6O/c1-14-11-22(13-17(24)20-15-3-5-18-6-4-15)9-10-23(14)12-16-19-7-8-21(16)2/h3-8,14H,9-13H2,1-2H3,(H,18,20,24)/t14-/m0/s1. The van der Waals surface area contributed by atoms with Gasteiger partial charge in [-0.2, -0.15) is 0 Å². The minimum Gasteiger partial charge on any atom is -0.337 e. The van der Waals surface area contributed by atoms with Gasteiger partial charge in [-0.3, -0.25) is 19.6 Å². The van der Waals surface area contributed by atoms with E-state index in [1.807, 2.05) is 19.4 Å². The van der Waals surface area contributed by atoms with Gasteiger partial charge in [0.15, 0.2) is 0 Å². The third-order valence-corrected chi connectivity index (χ3v) is 4.45. The molecule has 1 saturated heterocycles. The maximum absolute atomic E-state index is 12.2. The Labute approximate surface area is 142 Å². The van der Waals surface area contributed by atoms with E-state index in [4.69, 9.17) is 0 Å². The molecule has 2 aromatic rings. The predicted octanol–water partition coefficient (Wildman–Crippen LogP) is 0.960. The normalized spacial score (nSPS) is 19.3. The SMILES string of the molecule is C[C@H]1CN(CC(=O)Nc2ccncc2)CCN1Cc1nccn1C. The maximum atomic E-state index is 12.2. The molecule has 0 aliphatic carbocycles. The number of carbonyl (C=O) groups excluding carboxylic acids is 1. The van der Waals surface area contributed by atoms with Crippen molar-refractivity contribution in [1.82, 2.24) is 24.3 Å². The molecule has 7 heteroatoms. The van der Waals surface area contributed by atoms with Gasteiger partial charge in [-0.05, 0) is 19.1 Å². The van der Waals surface area contributed by atoms with E-state index in [1.165, 1.54) is 0 Å². The molecule has 0 aromatic carbocycles. The van der Waals surface area contributed by atoms with Gasteiger partial charge in [0.05, 0.1) is 13.1 Å². The lowest BCUT2D eigenvalue weighted by Gasteiger charge is -2.39. The second-order valence-corrected chi connectivity index (χ2v) is 6.29. The lowest BCUT2D eigenvalue weighted by Crippen LogP contribution is -2.53. The molecule has 0 radical (unpaired) electrons. The van der Waals surface area contributed by atoms with Crippen LogP contribution in [0.5, 0.6) is 0 Å². The van der Waals surface area contributed by atoms with Gasteiger partial charge < -0.3 is 9.88 Å². The van der Waals surface area contributed by atoms with Crippen LogP contribution in [0.25, 0.3) is 0 Å². The summed E-state index contributed by atoms with van der Waals surface area (Å²) in [6, 6.07) is 3.99. The number of aromatic nitrogens is 3. The molecule has 0 bridgehead atoms. The van der Waals surface area contributed by atoms with Crippen LogP contribution < -0.4 is 5.32 Å². The molecule has 0 saturated carbocycles. The Morgan fingerprint density at radius 3 is 2.75 bits per heavy atom. The fourth-order valence-electron chi connectivity index (χ4n) is 3.02. The van der Waals surface area contributed by atoms with E-state index in [2.05, 4.69) is 36.6 Å². The summed E-state index contributed by atoms with van der Waals surface area (Å²) in [6.07, 6.45) is 7.15. The van der Waals surface area contributed by atoms with Crippen LogP contribution in [-0.2, 0) is 18.4 Å². The van der Waals surface area contributed by atoms with Gasteiger partial charge in [0.1, 0.15) is 5.82 Å². The maximum Gasteiger partial charge on any atom is 0.238 e. The average Bonchev–Trinajstić information content (AvgIpc) is 2.96. The summed E-state index contributed by atoms with van der Waals surface area (Å²) in [6.45, 7) is 6.18. The molecule has 1 aliphatic rings. The van der Waals surface area contributed by atoms with Crippen LogP contribution in [0.1, 0.15) is 12.7 Å². The van der Waals surface area contributed by atoms with Crippen molar-refractivity contribution in [2.45, 2.75) is 19.5 Å². The first-order valence-electron chi connectivity index (χ1n) is 8.24. The summed E-state index contributed by atoms with van der Waals surface area (Å²) in [7, 11) is 2.02. The van der Waals surface area contributed by atoms with Crippen molar-refractivity contribution in [3.63, 3.8) is 0 Å². The number of pyridine rings is 1. The Morgan fingerprint density at radius 1 is 1.29 bits per heavy atom. The van der Waals surface area contributed by atoms with Crippen LogP contribution >= 0.6 is 0 Å². The highest BCUT2D eigenvalue weighted by molar-refractivity contribution is 5.92. The second kappa shape index (κ2) is 7.55. The lowest BCUT2D eigenvalue weighted by atomic mass is 10.2. The van der Waals surface area contributed by atoms with Gasteiger partial charge in [-0.15, -0.1) is 0 Å². The Bertz CT molecular complexity index is 671. The Morgan fingerprint density at radius 2 is 2.08 bits per heavy atom. The van der Waals surface area contributed by atoms with E-state index < -0.39 is 0 Å². The number of nitrogens with zero attached hydrogens (tertiary/aromatic N) is 5. The molecule has 0 unspecified atom stereocenters. The Hall–Kier alpha value is -2.25. The van der Waals surface area contributed by atoms with Crippen LogP contribution in [0, 0.1) is 0 Å². The number of nitrogens with one attached hydrogen (secondary N) is 1. The van der Waals surface area contributed by atoms with Gasteiger partial charge in [0.25, 0.3) is 0 Å². The topological polar surface area (TPSA) is 66.3 Å². The molecule has 1 atom stereocenters. The summed E-state index contributed by atoms with van der Waals surface area (Å²) in [5, 5.41) is 2.91. The minimum absolute atomic E-state index is 0.0194. The zero-order valence-electron chi connectivity index (χ0n) is 14.2. The largest absolute Gasteiger partial charge is 0.337 e. The van der Waals surface area contributed by atoms with Crippen LogP contribution in [0.3, 0.4) is 0 Å². The third-order valence-electron chi connectivity index (χ3n) is 4.45. The van der Waals surface area contributed by atoms with Gasteiger partial charge >= 0.3 is 0 Å². The summed E-state index contributed by atoms with van der Waals surface area (Å²) in [5.41, 5.74) is 0.788. The summed E-state index contributed by atoms with van der Waals surface area (Å²) in [5.74, 6) is 1.09. The zero-order valence-corrected chi connectivity index (χ0v) is 14.2. The molecular formula is C17H24N6O. The highest BCUT2D eigenvalue weighted by atomic mass is 16.2. The number of piperazine rings is 1. The van der Waals surface area contributed by atoms with E-state index in [1.54, 1.807) is 24.5 Å². The van der Waals surface area contributed by atoms with Crippen molar-refractivity contribution < 1.29 is 4.79 Å². The average molecular weight is 328 g/mol. The molecule has 3 rings (SSSR count). The molecule has 0 spiro atoms. The summed E-state index contributed by atoms with van der Waals surface area (Å²) >= 11 is 0. The molecule has 7 nitrogen and oxygen atoms in total. The highest BCUT2D eigenvalue weighted by Gasteiger charge is 2.25. The number of imidazole rings is 1. The molecule has 1 fully saturated rings. The zero-order chi connectivity index (χ0) is 16.9. The minimum atomic E-state index is 0.0194. The van der Waals surface area contributed by atoms with Gasteiger partial charge in [-0.1, -0.05) is 0 Å². The smallest absolute Gasteiger partial charge is 0.238 e. The first-order chi connectivity index (χ1) is 11.6. The molecule has 3 heterocycles. The first-order valence-corrected chi connectivity index (χ1v) is 8.24. The number of carbonyl (C=O) groups is 1. The molecule has 1 aliphatic heterocycles. The number of anilines is 1. The number of amides is 1. The van der Waals surface area contributed by atoms with E-state index >= 15 is 0 Å². The highest BCUT2D eigenvalue weighted by Crippen LogP contribution is 2.13. The molecule has 1 amide bonds. The van der Waals surface area contributed by atoms with Crippen molar-refractivity contribution in [3.05, 3.63) is 42.7 Å². The van der Waals surface area contributed by atoms with E-state index in [-0.39, 0.29) is 5.91 Å². The monoisotopic (exact) mass is 328 g/mol. The molecule has 2 aromatic heterocycles. The number of hydrogen-bond acceptors (Lipinski definition) is 5. The molecule has 1 N–H and O–H groups in total. The summed E-state index contributed by atoms with van der Waals surface area (Å²) in [4.78, 5) is 25.1. The van der Waals surface area contributed by atoms with Crippen LogP contribution in [0.15, 0.2) is 36.9 Å². The van der Waals surface area contributed by atoms with Crippen LogP contribution in [0.2, 0.25) is 0 Å². The fourth-order valence-corrected chi connectivity index (χ4v) is 3.02. The van der Waals surface area contributed by atoms with Crippen molar-refractivity contribution in [1.29, 1.82) is 0 Å². The summed E-state index contributed by atoms with van der Waals surface area (Å²) < 4.78 is 2.06. The number of hydrogen-bond donors (Lipinski definition) is 1. The Balaban J connectivity index is 1.48. The predicted molar refractivity (Wildman–Crippen MR) is 92.4 cm³/mol. The number of rotatable bonds is 5. The van der Waals surface area contributed by atoms with E-state index in [0.717, 1.165) is 37.7 Å².